The predicted octanol–water partition coefficient (Wildman–Crippen LogP) is 1.86. The second-order valence-corrected chi connectivity index (χ2v) is 3.35. The van der Waals surface area contributed by atoms with E-state index in [1.54, 1.807) is 0 Å². The van der Waals surface area contributed by atoms with Gasteiger partial charge in [-0.25, -0.2) is 4.98 Å². The Hall–Kier alpha value is -0.900. The van der Waals surface area contributed by atoms with E-state index in [1.165, 1.54) is 0 Å². The molecule has 0 bridgehead atoms. The quantitative estimate of drug-likeness (QED) is 0.747. The second kappa shape index (κ2) is 3.23. The topological polar surface area (TPSA) is 56.0 Å². The van der Waals surface area contributed by atoms with E-state index >= 15 is 0 Å². The first-order chi connectivity index (χ1) is 5.57. The number of hydrogen-bond donors (Lipinski definition) is 1. The minimum Gasteiger partial charge on any atom is -0.383 e. The monoisotopic (exact) mass is 228 g/mol. The number of aldehydes is 1. The second-order valence-electron chi connectivity index (χ2n) is 2.55. The fourth-order valence-electron chi connectivity index (χ4n) is 1.02. The molecule has 0 spiro atoms. The van der Waals surface area contributed by atoms with Gasteiger partial charge in [0.15, 0.2) is 6.29 Å². The number of pyridine rings is 1. The molecule has 0 aliphatic rings. The summed E-state index contributed by atoms with van der Waals surface area (Å²) in [7, 11) is 0. The number of nitrogen functional groups attached to an aromatic ring is 1. The molecule has 4 heteroatoms. The predicted molar refractivity (Wildman–Crippen MR) is 51.2 cm³/mol. The third kappa shape index (κ3) is 1.34. The molecule has 0 amide bonds. The first kappa shape index (κ1) is 9.19. The van der Waals surface area contributed by atoms with Crippen molar-refractivity contribution in [2.45, 2.75) is 13.8 Å². The largest absolute Gasteiger partial charge is 0.383 e. The Morgan fingerprint density at radius 1 is 1.50 bits per heavy atom. The molecule has 1 aromatic rings. The maximum absolute atomic E-state index is 10.6. The Kier molecular flexibility index (Phi) is 2.47. The highest BCUT2D eigenvalue weighted by Crippen LogP contribution is 2.24. The lowest BCUT2D eigenvalue weighted by Crippen LogP contribution is -2.02. The molecule has 0 aliphatic heterocycles. The first-order valence-electron chi connectivity index (χ1n) is 3.45. The molecule has 12 heavy (non-hydrogen) atoms. The molecule has 0 radical (unpaired) electrons. The number of rotatable bonds is 1. The molecule has 0 fully saturated rings. The van der Waals surface area contributed by atoms with Crippen LogP contribution in [0.15, 0.2) is 4.47 Å². The Morgan fingerprint density at radius 3 is 2.58 bits per heavy atom. The van der Waals surface area contributed by atoms with Gasteiger partial charge in [0.25, 0.3) is 0 Å². The van der Waals surface area contributed by atoms with Crippen LogP contribution in [0.2, 0.25) is 0 Å². The van der Waals surface area contributed by atoms with E-state index in [1.807, 2.05) is 13.8 Å². The van der Waals surface area contributed by atoms with Crippen LogP contribution in [0.3, 0.4) is 0 Å². The summed E-state index contributed by atoms with van der Waals surface area (Å²) in [5.74, 6) is 0.295. The van der Waals surface area contributed by atoms with E-state index in [9.17, 15) is 4.79 Å². The van der Waals surface area contributed by atoms with Crippen LogP contribution in [-0.2, 0) is 0 Å². The zero-order valence-corrected chi connectivity index (χ0v) is 8.47. The minimum atomic E-state index is 0.295. The molecule has 1 heterocycles. The zero-order chi connectivity index (χ0) is 9.30. The van der Waals surface area contributed by atoms with Gasteiger partial charge in [-0.1, -0.05) is 0 Å². The van der Waals surface area contributed by atoms with Crippen LogP contribution in [0, 0.1) is 13.8 Å². The van der Waals surface area contributed by atoms with Crippen molar-refractivity contribution in [1.82, 2.24) is 4.98 Å². The maximum Gasteiger partial charge on any atom is 0.154 e. The van der Waals surface area contributed by atoms with Crippen molar-refractivity contribution in [1.29, 1.82) is 0 Å². The molecule has 1 aromatic heterocycles. The van der Waals surface area contributed by atoms with Gasteiger partial charge >= 0.3 is 0 Å². The molecule has 2 N–H and O–H groups in total. The maximum atomic E-state index is 10.6. The molecule has 0 aliphatic carbocycles. The fourth-order valence-corrected chi connectivity index (χ4v) is 1.32. The van der Waals surface area contributed by atoms with Gasteiger partial charge in [0, 0.05) is 4.47 Å². The number of aromatic nitrogens is 1. The summed E-state index contributed by atoms with van der Waals surface area (Å²) in [5.41, 5.74) is 7.65. The standard InChI is InChI=1S/C8H9BrN2O/c1-4-6(3-12)8(10)11-5(2)7(4)9/h3H,1-2H3,(H2,10,11). The summed E-state index contributed by atoms with van der Waals surface area (Å²) >= 11 is 3.33. The summed E-state index contributed by atoms with van der Waals surface area (Å²) < 4.78 is 0.846. The molecular weight excluding hydrogens is 220 g/mol. The molecular formula is C8H9BrN2O. The van der Waals surface area contributed by atoms with Gasteiger partial charge in [-0.3, -0.25) is 4.79 Å². The van der Waals surface area contributed by atoms with Crippen molar-refractivity contribution < 1.29 is 4.79 Å². The van der Waals surface area contributed by atoms with E-state index in [0.29, 0.717) is 11.4 Å². The molecule has 3 nitrogen and oxygen atoms in total. The number of halogens is 1. The van der Waals surface area contributed by atoms with Crippen molar-refractivity contribution in [3.63, 3.8) is 0 Å². The normalized spacial score (nSPS) is 9.92. The van der Waals surface area contributed by atoms with Crippen LogP contribution >= 0.6 is 15.9 Å². The van der Waals surface area contributed by atoms with Gasteiger partial charge in [0.1, 0.15) is 5.82 Å². The summed E-state index contributed by atoms with van der Waals surface area (Å²) in [4.78, 5) is 14.6. The summed E-state index contributed by atoms with van der Waals surface area (Å²) in [6.07, 6.45) is 0.724. The van der Waals surface area contributed by atoms with Crippen molar-refractivity contribution in [3.8, 4) is 0 Å². The minimum absolute atomic E-state index is 0.295. The van der Waals surface area contributed by atoms with Crippen LogP contribution < -0.4 is 5.73 Å². The highest BCUT2D eigenvalue weighted by Gasteiger charge is 2.09. The van der Waals surface area contributed by atoms with Crippen LogP contribution in [0.25, 0.3) is 0 Å². The van der Waals surface area contributed by atoms with Crippen LogP contribution in [0.1, 0.15) is 21.6 Å². The Balaban J connectivity index is 3.51. The number of carbonyl (C=O) groups is 1. The Bertz CT molecular complexity index is 336. The van der Waals surface area contributed by atoms with Crippen LogP contribution in [0.4, 0.5) is 5.82 Å². The zero-order valence-electron chi connectivity index (χ0n) is 6.89. The van der Waals surface area contributed by atoms with Gasteiger partial charge < -0.3 is 5.73 Å². The van der Waals surface area contributed by atoms with E-state index in [4.69, 9.17) is 5.73 Å². The van der Waals surface area contributed by atoms with Gasteiger partial charge in [-0.05, 0) is 35.3 Å². The summed E-state index contributed by atoms with van der Waals surface area (Å²) in [6.45, 7) is 3.67. The number of nitrogens with two attached hydrogens (primary N) is 1. The van der Waals surface area contributed by atoms with Gasteiger partial charge in [-0.2, -0.15) is 0 Å². The number of nitrogens with zero attached hydrogens (tertiary/aromatic N) is 1. The molecule has 0 saturated heterocycles. The first-order valence-corrected chi connectivity index (χ1v) is 4.24. The summed E-state index contributed by atoms with van der Waals surface area (Å²) in [6, 6.07) is 0. The SMILES string of the molecule is Cc1nc(N)c(C=O)c(C)c1Br. The average molecular weight is 229 g/mol. The Morgan fingerprint density at radius 2 is 2.08 bits per heavy atom. The number of anilines is 1. The number of hydrogen-bond acceptors (Lipinski definition) is 3. The average Bonchev–Trinajstić information content (AvgIpc) is 2.01. The van der Waals surface area contributed by atoms with Crippen LogP contribution in [0.5, 0.6) is 0 Å². The fraction of sp³-hybridized carbons (Fsp3) is 0.250. The Labute approximate surface area is 79.1 Å². The van der Waals surface area contributed by atoms with E-state index in [0.717, 1.165) is 22.0 Å². The highest BCUT2D eigenvalue weighted by molar-refractivity contribution is 9.10. The highest BCUT2D eigenvalue weighted by atomic mass is 79.9. The van der Waals surface area contributed by atoms with Crippen molar-refractivity contribution in [3.05, 3.63) is 21.3 Å². The summed E-state index contributed by atoms with van der Waals surface area (Å²) in [5, 5.41) is 0. The van der Waals surface area contributed by atoms with Gasteiger partial charge in [-0.15, -0.1) is 0 Å². The number of carbonyl (C=O) groups excluding carboxylic acids is 1. The van der Waals surface area contributed by atoms with E-state index < -0.39 is 0 Å². The lowest BCUT2D eigenvalue weighted by Gasteiger charge is -2.06. The van der Waals surface area contributed by atoms with Gasteiger partial charge in [0.2, 0.25) is 0 Å². The van der Waals surface area contributed by atoms with E-state index in [2.05, 4.69) is 20.9 Å². The smallest absolute Gasteiger partial charge is 0.154 e. The van der Waals surface area contributed by atoms with Crippen LogP contribution in [-0.4, -0.2) is 11.3 Å². The number of aryl methyl sites for hydroxylation is 1. The molecule has 0 saturated carbocycles. The third-order valence-electron chi connectivity index (χ3n) is 1.73. The van der Waals surface area contributed by atoms with Crippen molar-refractivity contribution in [2.75, 3.05) is 5.73 Å². The molecule has 0 atom stereocenters. The van der Waals surface area contributed by atoms with Gasteiger partial charge in [0.05, 0.1) is 11.3 Å². The lowest BCUT2D eigenvalue weighted by atomic mass is 10.1. The molecule has 0 aromatic carbocycles. The van der Waals surface area contributed by atoms with Crippen molar-refractivity contribution >= 4 is 28.0 Å². The molecule has 0 unspecified atom stereocenters. The third-order valence-corrected chi connectivity index (χ3v) is 2.90. The molecule has 64 valence electrons. The lowest BCUT2D eigenvalue weighted by molar-refractivity contribution is 0.112. The van der Waals surface area contributed by atoms with Crippen molar-refractivity contribution in [2.24, 2.45) is 0 Å². The van der Waals surface area contributed by atoms with E-state index in [-0.39, 0.29) is 0 Å². The molecule has 1 rings (SSSR count).